The molecule has 1 aliphatic rings. The van der Waals surface area contributed by atoms with Gasteiger partial charge >= 0.3 is 0 Å². The third-order valence-electron chi connectivity index (χ3n) is 3.10. The minimum absolute atomic E-state index is 0.0530. The Kier molecular flexibility index (Phi) is 2.56. The molecule has 0 saturated carbocycles. The van der Waals surface area contributed by atoms with Crippen LogP contribution in [0.1, 0.15) is 13.3 Å². The average Bonchev–Trinajstić information content (AvgIpc) is 2.86. The molecule has 1 unspecified atom stereocenters. The van der Waals surface area contributed by atoms with Crippen molar-refractivity contribution >= 4 is 27.5 Å². The normalized spacial score (nSPS) is 24.4. The molecule has 5 nitrogen and oxygen atoms in total. The Balaban J connectivity index is 1.93. The molecule has 3 heterocycles. The molecule has 0 amide bonds. The Morgan fingerprint density at radius 3 is 3.18 bits per heavy atom. The van der Waals surface area contributed by atoms with E-state index in [9.17, 15) is 0 Å². The van der Waals surface area contributed by atoms with Crippen molar-refractivity contribution in [1.82, 2.24) is 19.9 Å². The van der Waals surface area contributed by atoms with Gasteiger partial charge in [-0.15, -0.1) is 5.10 Å². The molecule has 1 fully saturated rings. The monoisotopic (exact) mass is 295 g/mol. The van der Waals surface area contributed by atoms with Crippen molar-refractivity contribution in [3.63, 3.8) is 0 Å². The summed E-state index contributed by atoms with van der Waals surface area (Å²) in [5, 5.41) is 11.2. The lowest BCUT2D eigenvalue weighted by Gasteiger charge is -2.23. The molecule has 2 N–H and O–H groups in total. The molecule has 1 aliphatic heterocycles. The zero-order chi connectivity index (χ0) is 11.9. The largest absolute Gasteiger partial charge is 0.346 e. The van der Waals surface area contributed by atoms with Gasteiger partial charge in [0, 0.05) is 12.7 Å². The molecule has 17 heavy (non-hydrogen) atoms. The van der Waals surface area contributed by atoms with Crippen LogP contribution in [-0.2, 0) is 0 Å². The van der Waals surface area contributed by atoms with E-state index in [4.69, 9.17) is 0 Å². The summed E-state index contributed by atoms with van der Waals surface area (Å²) in [4.78, 5) is 4.49. The first kappa shape index (κ1) is 11.0. The summed E-state index contributed by atoms with van der Waals surface area (Å²) in [7, 11) is 0. The average molecular weight is 296 g/mol. The summed E-state index contributed by atoms with van der Waals surface area (Å²) in [5.41, 5.74) is 0.891. The number of hydrogen-bond acceptors (Lipinski definition) is 4. The van der Waals surface area contributed by atoms with Crippen LogP contribution in [0.4, 0.5) is 5.95 Å². The molecule has 0 bridgehead atoms. The lowest BCUT2D eigenvalue weighted by atomic mass is 10.0. The van der Waals surface area contributed by atoms with Gasteiger partial charge in [0.2, 0.25) is 5.95 Å². The Morgan fingerprint density at radius 2 is 2.47 bits per heavy atom. The topological polar surface area (TPSA) is 54.2 Å². The van der Waals surface area contributed by atoms with E-state index in [-0.39, 0.29) is 5.54 Å². The molecule has 1 atom stereocenters. The third-order valence-corrected chi connectivity index (χ3v) is 3.72. The van der Waals surface area contributed by atoms with Crippen molar-refractivity contribution < 1.29 is 0 Å². The number of nitrogens with one attached hydrogen (secondary N) is 2. The highest BCUT2D eigenvalue weighted by atomic mass is 79.9. The minimum Gasteiger partial charge on any atom is -0.346 e. The SMILES string of the molecule is CC1(Nc2nc3c(Br)cccn3n2)CCNC1. The lowest BCUT2D eigenvalue weighted by Crippen LogP contribution is -2.37. The standard InChI is InChI=1S/C11H14BrN5/c1-11(4-5-13-7-11)15-10-14-9-8(12)3-2-6-17(9)16-10/h2-3,6,13H,4-5,7H2,1H3,(H,15,16). The van der Waals surface area contributed by atoms with E-state index < -0.39 is 0 Å². The Bertz CT molecular complexity index is 544. The van der Waals surface area contributed by atoms with E-state index in [1.165, 1.54) is 0 Å². The Morgan fingerprint density at radius 1 is 1.59 bits per heavy atom. The van der Waals surface area contributed by atoms with Gasteiger partial charge in [-0.2, -0.15) is 4.98 Å². The highest BCUT2D eigenvalue weighted by Crippen LogP contribution is 2.21. The molecule has 0 aromatic carbocycles. The number of fused-ring (bicyclic) bond motifs is 1. The van der Waals surface area contributed by atoms with Gasteiger partial charge in [-0.1, -0.05) is 0 Å². The van der Waals surface area contributed by atoms with Gasteiger partial charge in [0.05, 0.1) is 10.0 Å². The number of hydrogen-bond donors (Lipinski definition) is 2. The van der Waals surface area contributed by atoms with Crippen molar-refractivity contribution in [2.45, 2.75) is 18.9 Å². The van der Waals surface area contributed by atoms with Crippen LogP contribution in [0, 0.1) is 0 Å². The zero-order valence-electron chi connectivity index (χ0n) is 9.57. The van der Waals surface area contributed by atoms with E-state index in [1.54, 1.807) is 4.52 Å². The third kappa shape index (κ3) is 2.02. The van der Waals surface area contributed by atoms with Crippen molar-refractivity contribution in [2.24, 2.45) is 0 Å². The molecule has 6 heteroatoms. The van der Waals surface area contributed by atoms with E-state index in [0.29, 0.717) is 5.95 Å². The molecular weight excluding hydrogens is 282 g/mol. The van der Waals surface area contributed by atoms with E-state index >= 15 is 0 Å². The fourth-order valence-electron chi connectivity index (χ4n) is 2.12. The molecular formula is C11H14BrN5. The molecule has 3 rings (SSSR count). The molecule has 2 aromatic heterocycles. The van der Waals surface area contributed by atoms with Gasteiger partial charge < -0.3 is 10.6 Å². The number of anilines is 1. The predicted molar refractivity (Wildman–Crippen MR) is 70.2 cm³/mol. The van der Waals surface area contributed by atoms with Gasteiger partial charge in [0.15, 0.2) is 5.65 Å². The number of halogens is 1. The highest BCUT2D eigenvalue weighted by molar-refractivity contribution is 9.10. The van der Waals surface area contributed by atoms with Crippen LogP contribution >= 0.6 is 15.9 Å². The summed E-state index contributed by atoms with van der Waals surface area (Å²) in [6.45, 7) is 4.18. The second-order valence-corrected chi connectivity index (χ2v) is 5.53. The maximum absolute atomic E-state index is 4.49. The van der Waals surface area contributed by atoms with Crippen molar-refractivity contribution in [1.29, 1.82) is 0 Å². The van der Waals surface area contributed by atoms with Crippen LogP contribution in [0.2, 0.25) is 0 Å². The van der Waals surface area contributed by atoms with Crippen LogP contribution in [-0.4, -0.2) is 33.2 Å². The second kappa shape index (κ2) is 3.96. The van der Waals surface area contributed by atoms with Crippen LogP contribution in [0.25, 0.3) is 5.65 Å². The van der Waals surface area contributed by atoms with Gasteiger partial charge in [-0.05, 0) is 48.0 Å². The number of rotatable bonds is 2. The zero-order valence-corrected chi connectivity index (χ0v) is 11.2. The first-order valence-corrected chi connectivity index (χ1v) is 6.45. The van der Waals surface area contributed by atoms with Crippen LogP contribution in [0.5, 0.6) is 0 Å². The van der Waals surface area contributed by atoms with E-state index in [2.05, 4.69) is 43.6 Å². The Hall–Kier alpha value is -1.14. The van der Waals surface area contributed by atoms with Crippen molar-refractivity contribution in [2.75, 3.05) is 18.4 Å². The quantitative estimate of drug-likeness (QED) is 0.885. The summed E-state index contributed by atoms with van der Waals surface area (Å²) in [6, 6.07) is 3.90. The summed E-state index contributed by atoms with van der Waals surface area (Å²) >= 11 is 3.47. The highest BCUT2D eigenvalue weighted by Gasteiger charge is 2.29. The maximum atomic E-state index is 4.49. The molecule has 90 valence electrons. The molecule has 0 spiro atoms. The molecule has 1 saturated heterocycles. The van der Waals surface area contributed by atoms with Crippen LogP contribution in [0.3, 0.4) is 0 Å². The van der Waals surface area contributed by atoms with Crippen molar-refractivity contribution in [3.8, 4) is 0 Å². The molecule has 2 aromatic rings. The fourth-order valence-corrected chi connectivity index (χ4v) is 2.54. The first-order chi connectivity index (χ1) is 8.16. The van der Waals surface area contributed by atoms with Crippen LogP contribution < -0.4 is 10.6 Å². The van der Waals surface area contributed by atoms with Gasteiger partial charge in [-0.3, -0.25) is 0 Å². The summed E-state index contributed by atoms with van der Waals surface area (Å²) < 4.78 is 2.73. The fraction of sp³-hybridized carbons (Fsp3) is 0.455. The number of pyridine rings is 1. The number of nitrogens with zero attached hydrogens (tertiary/aromatic N) is 3. The minimum atomic E-state index is 0.0530. The molecule has 0 aliphatic carbocycles. The van der Waals surface area contributed by atoms with E-state index in [0.717, 1.165) is 29.6 Å². The first-order valence-electron chi connectivity index (χ1n) is 5.66. The molecule has 0 radical (unpaired) electrons. The van der Waals surface area contributed by atoms with Crippen LogP contribution in [0.15, 0.2) is 22.8 Å². The number of aromatic nitrogens is 3. The van der Waals surface area contributed by atoms with Gasteiger partial charge in [0.1, 0.15) is 0 Å². The van der Waals surface area contributed by atoms with Gasteiger partial charge in [-0.25, -0.2) is 4.52 Å². The smallest absolute Gasteiger partial charge is 0.243 e. The maximum Gasteiger partial charge on any atom is 0.243 e. The summed E-state index contributed by atoms with van der Waals surface area (Å²) in [5.74, 6) is 0.683. The second-order valence-electron chi connectivity index (χ2n) is 4.67. The summed E-state index contributed by atoms with van der Waals surface area (Å²) in [6.07, 6.45) is 2.98. The van der Waals surface area contributed by atoms with Gasteiger partial charge in [0.25, 0.3) is 0 Å². The van der Waals surface area contributed by atoms with E-state index in [1.807, 2.05) is 18.3 Å². The predicted octanol–water partition coefficient (Wildman–Crippen LogP) is 1.66. The van der Waals surface area contributed by atoms with Crippen molar-refractivity contribution in [3.05, 3.63) is 22.8 Å². The lowest BCUT2D eigenvalue weighted by molar-refractivity contribution is 0.561. The Labute approximate surface area is 108 Å².